The van der Waals surface area contributed by atoms with E-state index < -0.39 is 36.4 Å². The molecule has 0 N–H and O–H groups in total. The van der Waals surface area contributed by atoms with Crippen molar-refractivity contribution < 1.29 is 28.5 Å². The number of hydrogen-bond donors (Lipinski definition) is 0. The van der Waals surface area contributed by atoms with Gasteiger partial charge < -0.3 is 18.9 Å². The van der Waals surface area contributed by atoms with Crippen molar-refractivity contribution in [3.63, 3.8) is 0 Å². The van der Waals surface area contributed by atoms with Crippen LogP contribution in [-0.4, -0.2) is 49.6 Å². The summed E-state index contributed by atoms with van der Waals surface area (Å²) < 4.78 is 21.1. The minimum atomic E-state index is -0.528. The van der Waals surface area contributed by atoms with Gasteiger partial charge in [0.05, 0.1) is 13.2 Å². The Bertz CT molecular complexity index is 341. The zero-order valence-electron chi connectivity index (χ0n) is 9.74. The van der Waals surface area contributed by atoms with Crippen molar-refractivity contribution in [3.05, 3.63) is 25.3 Å². The Balaban J connectivity index is 1.94. The van der Waals surface area contributed by atoms with E-state index >= 15 is 0 Å². The van der Waals surface area contributed by atoms with E-state index in [0.717, 1.165) is 12.2 Å². The summed E-state index contributed by atoms with van der Waals surface area (Å²) in [7, 11) is 0. The Morgan fingerprint density at radius 1 is 0.944 bits per heavy atom. The molecule has 0 unspecified atom stereocenters. The highest BCUT2D eigenvalue weighted by Crippen LogP contribution is 2.30. The first-order chi connectivity index (χ1) is 8.65. The standard InChI is InChI=1S/C12H14O6/c1-3-9(13)17-7-5-15-12-8(6-16-11(7)12)18-10(14)4-2/h3-4,7-8,11-12H,1-2,5-6H2/t7-,8-,11-,12-/m1/s1. The van der Waals surface area contributed by atoms with E-state index in [-0.39, 0.29) is 13.2 Å². The summed E-state index contributed by atoms with van der Waals surface area (Å²) in [6, 6.07) is 0. The monoisotopic (exact) mass is 254 g/mol. The minimum absolute atomic E-state index is 0.219. The summed E-state index contributed by atoms with van der Waals surface area (Å²) in [4.78, 5) is 22.2. The van der Waals surface area contributed by atoms with Gasteiger partial charge in [0.25, 0.3) is 0 Å². The second-order valence-electron chi connectivity index (χ2n) is 3.95. The first-order valence-electron chi connectivity index (χ1n) is 5.55. The fraction of sp³-hybridized carbons (Fsp3) is 0.500. The molecular formula is C12H14O6. The lowest BCUT2D eigenvalue weighted by Crippen LogP contribution is -2.35. The fourth-order valence-electron chi connectivity index (χ4n) is 2.03. The Hall–Kier alpha value is -1.66. The van der Waals surface area contributed by atoms with E-state index in [4.69, 9.17) is 18.9 Å². The van der Waals surface area contributed by atoms with Gasteiger partial charge in [-0.25, -0.2) is 9.59 Å². The SMILES string of the molecule is C=CC(=O)O[C@@H]1CO[C@H]2[C@@H]1OC[C@H]2OC(=O)C=C. The van der Waals surface area contributed by atoms with E-state index in [0.29, 0.717) is 0 Å². The zero-order chi connectivity index (χ0) is 13.1. The van der Waals surface area contributed by atoms with E-state index in [9.17, 15) is 9.59 Å². The van der Waals surface area contributed by atoms with Crippen LogP contribution in [0.3, 0.4) is 0 Å². The third-order valence-corrected chi connectivity index (χ3v) is 2.83. The van der Waals surface area contributed by atoms with Crippen LogP contribution in [0.25, 0.3) is 0 Å². The van der Waals surface area contributed by atoms with Crippen LogP contribution in [0.5, 0.6) is 0 Å². The van der Waals surface area contributed by atoms with E-state index in [1.54, 1.807) is 0 Å². The van der Waals surface area contributed by atoms with E-state index in [2.05, 4.69) is 13.2 Å². The van der Waals surface area contributed by atoms with Gasteiger partial charge in [-0.2, -0.15) is 0 Å². The second kappa shape index (κ2) is 5.32. The van der Waals surface area contributed by atoms with Gasteiger partial charge in [-0.3, -0.25) is 0 Å². The van der Waals surface area contributed by atoms with Crippen LogP contribution in [0, 0.1) is 0 Å². The molecule has 2 rings (SSSR count). The smallest absolute Gasteiger partial charge is 0.330 e. The fourth-order valence-corrected chi connectivity index (χ4v) is 2.03. The first kappa shape index (κ1) is 12.8. The quantitative estimate of drug-likeness (QED) is 0.518. The Morgan fingerprint density at radius 2 is 1.33 bits per heavy atom. The molecule has 98 valence electrons. The molecule has 0 saturated carbocycles. The van der Waals surface area contributed by atoms with Gasteiger partial charge >= 0.3 is 11.9 Å². The maximum absolute atomic E-state index is 11.1. The molecule has 0 amide bonds. The lowest BCUT2D eigenvalue weighted by atomic mass is 10.1. The first-order valence-corrected chi connectivity index (χ1v) is 5.55. The summed E-state index contributed by atoms with van der Waals surface area (Å²) in [6.45, 7) is 7.07. The van der Waals surface area contributed by atoms with Crippen LogP contribution in [0.4, 0.5) is 0 Å². The van der Waals surface area contributed by atoms with Crippen LogP contribution >= 0.6 is 0 Å². The zero-order valence-corrected chi connectivity index (χ0v) is 9.74. The van der Waals surface area contributed by atoms with Gasteiger partial charge in [-0.15, -0.1) is 0 Å². The molecule has 0 spiro atoms. The van der Waals surface area contributed by atoms with Crippen molar-refractivity contribution in [2.75, 3.05) is 13.2 Å². The van der Waals surface area contributed by atoms with Crippen LogP contribution in [-0.2, 0) is 28.5 Å². The van der Waals surface area contributed by atoms with Gasteiger partial charge in [0, 0.05) is 12.2 Å². The van der Waals surface area contributed by atoms with Crippen molar-refractivity contribution in [1.82, 2.24) is 0 Å². The molecule has 0 aliphatic carbocycles. The number of fused-ring (bicyclic) bond motifs is 1. The van der Waals surface area contributed by atoms with Crippen LogP contribution in [0.15, 0.2) is 25.3 Å². The molecule has 2 aliphatic rings. The summed E-state index contributed by atoms with van der Waals surface area (Å²) in [6.07, 6.45) is 0.364. The summed E-state index contributed by atoms with van der Waals surface area (Å²) in [5, 5.41) is 0. The molecule has 2 aliphatic heterocycles. The highest BCUT2D eigenvalue weighted by molar-refractivity contribution is 5.81. The topological polar surface area (TPSA) is 71.1 Å². The highest BCUT2D eigenvalue weighted by atomic mass is 16.7. The molecule has 4 atom stereocenters. The molecule has 18 heavy (non-hydrogen) atoms. The number of carbonyl (C=O) groups excluding carboxylic acids is 2. The van der Waals surface area contributed by atoms with Gasteiger partial charge in [0.2, 0.25) is 0 Å². The molecular weight excluding hydrogens is 240 g/mol. The molecule has 0 bridgehead atoms. The van der Waals surface area contributed by atoms with Crippen molar-refractivity contribution in [2.45, 2.75) is 24.4 Å². The lowest BCUT2D eigenvalue weighted by Gasteiger charge is -2.16. The molecule has 2 heterocycles. The lowest BCUT2D eigenvalue weighted by molar-refractivity contribution is -0.149. The number of hydrogen-bond acceptors (Lipinski definition) is 6. The Labute approximate surface area is 104 Å². The summed E-state index contributed by atoms with van der Waals surface area (Å²) >= 11 is 0. The van der Waals surface area contributed by atoms with Gasteiger partial charge in [0.1, 0.15) is 12.2 Å². The average molecular weight is 254 g/mol. The molecule has 0 aromatic carbocycles. The van der Waals surface area contributed by atoms with Crippen molar-refractivity contribution in [1.29, 1.82) is 0 Å². The van der Waals surface area contributed by atoms with Crippen molar-refractivity contribution >= 4 is 11.9 Å². The molecule has 6 nitrogen and oxygen atoms in total. The number of rotatable bonds is 4. The molecule has 0 radical (unpaired) electrons. The maximum atomic E-state index is 11.1. The van der Waals surface area contributed by atoms with Crippen LogP contribution in [0.1, 0.15) is 0 Å². The minimum Gasteiger partial charge on any atom is -0.454 e. The molecule has 2 saturated heterocycles. The Morgan fingerprint density at radius 3 is 1.67 bits per heavy atom. The van der Waals surface area contributed by atoms with E-state index in [1.165, 1.54) is 0 Å². The molecule has 0 aromatic heterocycles. The maximum Gasteiger partial charge on any atom is 0.330 e. The van der Waals surface area contributed by atoms with Crippen molar-refractivity contribution in [3.8, 4) is 0 Å². The summed E-state index contributed by atoms with van der Waals surface area (Å²) in [5.41, 5.74) is 0. The third-order valence-electron chi connectivity index (χ3n) is 2.83. The summed E-state index contributed by atoms with van der Waals surface area (Å²) in [5.74, 6) is -1.06. The van der Waals surface area contributed by atoms with Gasteiger partial charge in [-0.05, 0) is 0 Å². The number of carbonyl (C=O) groups is 2. The predicted molar refractivity (Wildman–Crippen MR) is 59.6 cm³/mol. The third kappa shape index (κ3) is 2.44. The van der Waals surface area contributed by atoms with Crippen molar-refractivity contribution in [2.24, 2.45) is 0 Å². The number of ether oxygens (including phenoxy) is 4. The predicted octanol–water partition coefficient (Wildman–Crippen LogP) is -0.0204. The molecule has 0 aromatic rings. The second-order valence-corrected chi connectivity index (χ2v) is 3.95. The largest absolute Gasteiger partial charge is 0.454 e. The van der Waals surface area contributed by atoms with Crippen LogP contribution < -0.4 is 0 Å². The Kier molecular flexibility index (Phi) is 3.78. The van der Waals surface area contributed by atoms with Gasteiger partial charge in [0.15, 0.2) is 12.2 Å². The average Bonchev–Trinajstić information content (AvgIpc) is 2.93. The molecule has 6 heteroatoms. The van der Waals surface area contributed by atoms with Gasteiger partial charge in [-0.1, -0.05) is 13.2 Å². The normalized spacial score (nSPS) is 33.6. The molecule has 2 fully saturated rings. The van der Waals surface area contributed by atoms with Crippen LogP contribution in [0.2, 0.25) is 0 Å². The number of esters is 2. The highest BCUT2D eigenvalue weighted by Gasteiger charge is 2.50. The van der Waals surface area contributed by atoms with E-state index in [1.807, 2.05) is 0 Å².